The Morgan fingerprint density at radius 3 is 2.19 bits per heavy atom. The predicted molar refractivity (Wildman–Crippen MR) is 107 cm³/mol. The zero-order valence-corrected chi connectivity index (χ0v) is 16.5. The van der Waals surface area contributed by atoms with Gasteiger partial charge in [-0.15, -0.1) is 11.8 Å². The fraction of sp³-hybridized carbons (Fsp3) is 0.333. The lowest BCUT2D eigenvalue weighted by atomic mass is 10.0. The number of carbonyl (C=O) groups excluding carboxylic acids is 2. The van der Waals surface area contributed by atoms with Gasteiger partial charge in [0.15, 0.2) is 0 Å². The van der Waals surface area contributed by atoms with Gasteiger partial charge in [0.25, 0.3) is 5.91 Å². The molecule has 1 N–H and O–H groups in total. The number of nitrogens with one attached hydrogen (secondary N) is 1. The van der Waals surface area contributed by atoms with Gasteiger partial charge in [0, 0.05) is 24.1 Å². The lowest BCUT2D eigenvalue weighted by Gasteiger charge is -2.27. The van der Waals surface area contributed by atoms with E-state index in [-0.39, 0.29) is 17.7 Å². The Hall–Kier alpha value is -2.27. The minimum absolute atomic E-state index is 0.00326. The number of hydrogen-bond donors (Lipinski definition) is 1. The lowest BCUT2D eigenvalue weighted by molar-refractivity contribution is -0.133. The molecule has 0 aromatic heterocycles. The summed E-state index contributed by atoms with van der Waals surface area (Å²) in [6, 6.07) is 16.6. The van der Waals surface area contributed by atoms with Crippen LogP contribution in [0.15, 0.2) is 59.5 Å². The van der Waals surface area contributed by atoms with E-state index in [9.17, 15) is 9.59 Å². The second kappa shape index (κ2) is 9.43. The molecule has 1 atom stereocenters. The van der Waals surface area contributed by atoms with Gasteiger partial charge in [0.05, 0.1) is 0 Å². The summed E-state index contributed by atoms with van der Waals surface area (Å²) in [7, 11) is 1.77. The van der Waals surface area contributed by atoms with Gasteiger partial charge in [-0.1, -0.05) is 44.2 Å². The number of carbonyl (C=O) groups is 2. The van der Waals surface area contributed by atoms with Crippen molar-refractivity contribution < 1.29 is 9.59 Å². The molecule has 2 aromatic carbocycles. The molecule has 2 rings (SSSR count). The molecule has 4 nitrogen and oxygen atoms in total. The van der Waals surface area contributed by atoms with Crippen LogP contribution in [0.5, 0.6) is 0 Å². The van der Waals surface area contributed by atoms with Crippen LogP contribution >= 0.6 is 11.8 Å². The van der Waals surface area contributed by atoms with E-state index in [1.807, 2.05) is 50.4 Å². The summed E-state index contributed by atoms with van der Waals surface area (Å²) in [6.07, 6.45) is 2.04. The van der Waals surface area contributed by atoms with Crippen LogP contribution in [-0.2, 0) is 11.3 Å². The lowest BCUT2D eigenvalue weighted by Crippen LogP contribution is -2.50. The first-order valence-electron chi connectivity index (χ1n) is 8.66. The second-order valence-corrected chi connectivity index (χ2v) is 7.48. The summed E-state index contributed by atoms with van der Waals surface area (Å²) in [4.78, 5) is 28.2. The van der Waals surface area contributed by atoms with Gasteiger partial charge >= 0.3 is 0 Å². The first kappa shape index (κ1) is 20.0. The van der Waals surface area contributed by atoms with Gasteiger partial charge in [0.1, 0.15) is 6.04 Å². The predicted octanol–water partition coefficient (Wildman–Crippen LogP) is 3.82. The molecule has 1 unspecified atom stereocenters. The molecule has 5 heteroatoms. The fourth-order valence-corrected chi connectivity index (χ4v) is 3.06. The molecule has 0 fully saturated rings. The SMILES string of the molecule is CSc1ccc(CN(C)C(=O)C(NC(=O)c2ccccc2)C(C)C)cc1. The molecular weight excluding hydrogens is 344 g/mol. The van der Waals surface area contributed by atoms with Crippen LogP contribution in [0.1, 0.15) is 29.8 Å². The highest BCUT2D eigenvalue weighted by atomic mass is 32.2. The summed E-state index contributed by atoms with van der Waals surface area (Å²) >= 11 is 1.69. The molecule has 0 aliphatic heterocycles. The largest absolute Gasteiger partial charge is 0.340 e. The van der Waals surface area contributed by atoms with Crippen molar-refractivity contribution in [3.8, 4) is 0 Å². The van der Waals surface area contributed by atoms with E-state index in [2.05, 4.69) is 17.4 Å². The van der Waals surface area contributed by atoms with Crippen LogP contribution in [0.25, 0.3) is 0 Å². The van der Waals surface area contributed by atoms with Crippen molar-refractivity contribution in [3.05, 3.63) is 65.7 Å². The number of nitrogens with zero attached hydrogens (tertiary/aromatic N) is 1. The molecular formula is C21H26N2O2S. The summed E-state index contributed by atoms with van der Waals surface area (Å²) in [5, 5.41) is 2.88. The highest BCUT2D eigenvalue weighted by Gasteiger charge is 2.27. The van der Waals surface area contributed by atoms with E-state index in [4.69, 9.17) is 0 Å². The first-order chi connectivity index (χ1) is 12.4. The van der Waals surface area contributed by atoms with Crippen molar-refractivity contribution in [2.45, 2.75) is 31.3 Å². The number of benzene rings is 2. The quantitative estimate of drug-likeness (QED) is 0.754. The van der Waals surface area contributed by atoms with Crippen LogP contribution < -0.4 is 5.32 Å². The van der Waals surface area contributed by atoms with Crippen LogP contribution in [0, 0.1) is 5.92 Å². The third kappa shape index (κ3) is 5.36. The maximum absolute atomic E-state index is 12.9. The van der Waals surface area contributed by atoms with Crippen LogP contribution in [0.4, 0.5) is 0 Å². The number of hydrogen-bond acceptors (Lipinski definition) is 3. The Kier molecular flexibility index (Phi) is 7.27. The third-order valence-corrected chi connectivity index (χ3v) is 4.95. The van der Waals surface area contributed by atoms with E-state index in [0.29, 0.717) is 12.1 Å². The number of amides is 2. The van der Waals surface area contributed by atoms with Crippen LogP contribution in [0.3, 0.4) is 0 Å². The van der Waals surface area contributed by atoms with Gasteiger partial charge in [-0.2, -0.15) is 0 Å². The molecule has 138 valence electrons. The zero-order chi connectivity index (χ0) is 19.1. The summed E-state index contributed by atoms with van der Waals surface area (Å²) in [5.74, 6) is -0.315. The molecule has 0 saturated heterocycles. The summed E-state index contributed by atoms with van der Waals surface area (Å²) in [6.45, 7) is 4.39. The Balaban J connectivity index is 2.05. The highest BCUT2D eigenvalue weighted by Crippen LogP contribution is 2.16. The number of rotatable bonds is 7. The maximum Gasteiger partial charge on any atom is 0.251 e. The number of thioether (sulfide) groups is 1. The molecule has 2 aromatic rings. The average molecular weight is 371 g/mol. The molecule has 26 heavy (non-hydrogen) atoms. The molecule has 0 aliphatic rings. The zero-order valence-electron chi connectivity index (χ0n) is 15.7. The first-order valence-corrected chi connectivity index (χ1v) is 9.88. The molecule has 0 saturated carbocycles. The molecule has 0 radical (unpaired) electrons. The topological polar surface area (TPSA) is 49.4 Å². The van der Waals surface area contributed by atoms with Crippen LogP contribution in [0.2, 0.25) is 0 Å². The van der Waals surface area contributed by atoms with Crippen LogP contribution in [-0.4, -0.2) is 36.1 Å². The van der Waals surface area contributed by atoms with E-state index in [1.165, 1.54) is 4.90 Å². The Morgan fingerprint density at radius 2 is 1.65 bits per heavy atom. The van der Waals surface area contributed by atoms with Crippen molar-refractivity contribution in [1.82, 2.24) is 10.2 Å². The van der Waals surface area contributed by atoms with E-state index < -0.39 is 6.04 Å². The molecule has 0 spiro atoms. The van der Waals surface area contributed by atoms with Gasteiger partial charge < -0.3 is 10.2 Å². The Morgan fingerprint density at radius 1 is 1.04 bits per heavy atom. The second-order valence-electron chi connectivity index (χ2n) is 6.60. The van der Waals surface area contributed by atoms with Crippen molar-refractivity contribution in [2.75, 3.05) is 13.3 Å². The van der Waals surface area contributed by atoms with Crippen molar-refractivity contribution in [2.24, 2.45) is 5.92 Å². The average Bonchev–Trinajstić information content (AvgIpc) is 2.66. The number of likely N-dealkylation sites (N-methyl/N-ethyl adjacent to an activating group) is 1. The summed E-state index contributed by atoms with van der Waals surface area (Å²) < 4.78 is 0. The van der Waals surface area contributed by atoms with E-state index >= 15 is 0 Å². The van der Waals surface area contributed by atoms with E-state index in [1.54, 1.807) is 35.8 Å². The third-order valence-electron chi connectivity index (χ3n) is 4.21. The van der Waals surface area contributed by atoms with Crippen molar-refractivity contribution in [1.29, 1.82) is 0 Å². The van der Waals surface area contributed by atoms with Gasteiger partial charge in [-0.3, -0.25) is 9.59 Å². The molecule has 0 aliphatic carbocycles. The monoisotopic (exact) mass is 370 g/mol. The highest BCUT2D eigenvalue weighted by molar-refractivity contribution is 7.98. The smallest absolute Gasteiger partial charge is 0.251 e. The normalized spacial score (nSPS) is 11.9. The van der Waals surface area contributed by atoms with Gasteiger partial charge in [-0.25, -0.2) is 0 Å². The Bertz CT molecular complexity index is 729. The van der Waals surface area contributed by atoms with Gasteiger partial charge in [-0.05, 0) is 42.0 Å². The van der Waals surface area contributed by atoms with E-state index in [0.717, 1.165) is 5.56 Å². The standard InChI is InChI=1S/C21H26N2O2S/c1-15(2)19(22-20(24)17-8-6-5-7-9-17)21(25)23(3)14-16-10-12-18(26-4)13-11-16/h5-13,15,19H,14H2,1-4H3,(H,22,24). The van der Waals surface area contributed by atoms with Crippen molar-refractivity contribution >= 4 is 23.6 Å². The molecule has 0 bridgehead atoms. The Labute approximate surface area is 160 Å². The molecule has 2 amide bonds. The minimum Gasteiger partial charge on any atom is -0.340 e. The summed E-state index contributed by atoms with van der Waals surface area (Å²) in [5.41, 5.74) is 1.62. The van der Waals surface area contributed by atoms with Gasteiger partial charge in [0.2, 0.25) is 5.91 Å². The maximum atomic E-state index is 12.9. The minimum atomic E-state index is -0.557. The van der Waals surface area contributed by atoms with Crippen molar-refractivity contribution in [3.63, 3.8) is 0 Å². The fourth-order valence-electron chi connectivity index (χ4n) is 2.65. The molecule has 0 heterocycles.